The van der Waals surface area contributed by atoms with E-state index < -0.39 is 4.75 Å². The Morgan fingerprint density at radius 3 is 2.35 bits per heavy atom. The molecule has 0 aliphatic heterocycles. The lowest BCUT2D eigenvalue weighted by Crippen LogP contribution is -2.31. The number of unbranched alkanes of at least 4 members (excludes halogenated alkanes) is 9. The van der Waals surface area contributed by atoms with Crippen LogP contribution in [-0.4, -0.2) is 48.1 Å². The Morgan fingerprint density at radius 1 is 1.06 bits per heavy atom. The lowest BCUT2D eigenvalue weighted by Gasteiger charge is -2.22. The standard InChI is InChI=1S/C25H46N4O2S3/c1-5-7-8-9-10-11-12-13-14-15-19-33-24(32)34-25(3,4)23(30)31-18-16-17-29-21-22(27-28-29)20-26-6-2/h21,26H,5-20H2,1-4H3. The number of thiocarbonyl (C=S) groups is 1. The Hall–Kier alpha value is -0.640. The quantitative estimate of drug-likeness (QED) is 0.112. The summed E-state index contributed by atoms with van der Waals surface area (Å²) in [5.74, 6) is 0.812. The van der Waals surface area contributed by atoms with E-state index in [1.54, 1.807) is 16.4 Å². The Morgan fingerprint density at radius 2 is 1.71 bits per heavy atom. The highest BCUT2D eigenvalue weighted by Gasteiger charge is 2.31. The van der Waals surface area contributed by atoms with E-state index in [4.69, 9.17) is 17.0 Å². The number of rotatable bonds is 20. The molecule has 0 spiro atoms. The second-order valence-corrected chi connectivity index (χ2v) is 13.1. The minimum atomic E-state index is -0.673. The average molecular weight is 531 g/mol. The van der Waals surface area contributed by atoms with Crippen LogP contribution in [0.15, 0.2) is 6.20 Å². The largest absolute Gasteiger partial charge is 0.465 e. The zero-order chi connectivity index (χ0) is 25.1. The first kappa shape index (κ1) is 31.4. The van der Waals surface area contributed by atoms with Gasteiger partial charge in [-0.25, -0.2) is 0 Å². The van der Waals surface area contributed by atoms with Crippen molar-refractivity contribution in [2.75, 3.05) is 18.9 Å². The Labute approximate surface area is 221 Å². The zero-order valence-corrected chi connectivity index (χ0v) is 24.2. The molecule has 6 nitrogen and oxygen atoms in total. The van der Waals surface area contributed by atoms with E-state index >= 15 is 0 Å². The number of carbonyl (C=O) groups excluding carboxylic acids is 1. The monoisotopic (exact) mass is 530 g/mol. The lowest BCUT2D eigenvalue weighted by molar-refractivity contribution is -0.145. The molecule has 0 saturated carbocycles. The van der Waals surface area contributed by atoms with Crippen molar-refractivity contribution in [2.45, 2.75) is 116 Å². The number of ether oxygens (including phenoxy) is 1. The molecular weight excluding hydrogens is 485 g/mol. The molecule has 0 amide bonds. The van der Waals surface area contributed by atoms with Crippen molar-refractivity contribution in [3.05, 3.63) is 11.9 Å². The number of hydrogen-bond acceptors (Lipinski definition) is 8. The summed E-state index contributed by atoms with van der Waals surface area (Å²) in [5, 5.41) is 11.5. The lowest BCUT2D eigenvalue weighted by atomic mass is 10.1. The first-order valence-corrected chi connectivity index (χ1v) is 15.2. The molecule has 0 fully saturated rings. The van der Waals surface area contributed by atoms with Crippen LogP contribution in [0.5, 0.6) is 0 Å². The number of aromatic nitrogens is 3. The van der Waals surface area contributed by atoms with Gasteiger partial charge in [-0.1, -0.05) is 101 Å². The van der Waals surface area contributed by atoms with Crippen molar-refractivity contribution < 1.29 is 9.53 Å². The molecule has 196 valence electrons. The fourth-order valence-electron chi connectivity index (χ4n) is 3.37. The summed E-state index contributed by atoms with van der Waals surface area (Å²) >= 11 is 8.65. The van der Waals surface area contributed by atoms with E-state index in [2.05, 4.69) is 29.5 Å². The first-order valence-electron chi connectivity index (χ1n) is 13.0. The smallest absolute Gasteiger partial charge is 0.322 e. The van der Waals surface area contributed by atoms with Crippen LogP contribution in [0.25, 0.3) is 0 Å². The third-order valence-corrected chi connectivity index (χ3v) is 8.23. The van der Waals surface area contributed by atoms with Gasteiger partial charge in [0.05, 0.1) is 12.3 Å². The minimum absolute atomic E-state index is 0.217. The number of nitrogens with zero attached hydrogens (tertiary/aromatic N) is 3. The summed E-state index contributed by atoms with van der Waals surface area (Å²) in [7, 11) is 0. The van der Waals surface area contributed by atoms with Crippen LogP contribution >= 0.6 is 35.7 Å². The van der Waals surface area contributed by atoms with E-state index in [0.717, 1.165) is 21.5 Å². The van der Waals surface area contributed by atoms with Crippen molar-refractivity contribution in [3.63, 3.8) is 0 Å². The molecule has 0 unspecified atom stereocenters. The molecule has 1 aromatic rings. The van der Waals surface area contributed by atoms with E-state index in [0.29, 0.717) is 26.1 Å². The molecule has 0 aliphatic rings. The Kier molecular flexibility index (Phi) is 18.0. The summed E-state index contributed by atoms with van der Waals surface area (Å²) in [5.41, 5.74) is 0.917. The van der Waals surface area contributed by atoms with E-state index in [1.165, 1.54) is 76.0 Å². The van der Waals surface area contributed by atoms with Gasteiger partial charge < -0.3 is 10.1 Å². The predicted octanol–water partition coefficient (Wildman–Crippen LogP) is 6.77. The first-order chi connectivity index (χ1) is 16.4. The van der Waals surface area contributed by atoms with Gasteiger partial charge in [0, 0.05) is 25.7 Å². The SMILES string of the molecule is CCCCCCCCCCCCSC(=S)SC(C)(C)C(=O)OCCCn1cc(CNCC)nn1. The Balaban J connectivity index is 2.08. The molecule has 1 aromatic heterocycles. The van der Waals surface area contributed by atoms with Crippen LogP contribution in [0.1, 0.15) is 104 Å². The molecule has 1 heterocycles. The highest BCUT2D eigenvalue weighted by molar-refractivity contribution is 8.47. The van der Waals surface area contributed by atoms with E-state index in [9.17, 15) is 4.79 Å². The van der Waals surface area contributed by atoms with Crippen molar-refractivity contribution in [3.8, 4) is 0 Å². The maximum atomic E-state index is 12.5. The van der Waals surface area contributed by atoms with Crippen molar-refractivity contribution in [1.29, 1.82) is 0 Å². The molecule has 9 heteroatoms. The molecule has 0 saturated heterocycles. The van der Waals surface area contributed by atoms with Crippen LogP contribution in [-0.2, 0) is 22.6 Å². The summed E-state index contributed by atoms with van der Waals surface area (Å²) in [6.45, 7) is 10.8. The highest BCUT2D eigenvalue weighted by atomic mass is 32.2. The molecule has 0 aliphatic carbocycles. The van der Waals surface area contributed by atoms with Gasteiger partial charge in [0.15, 0.2) is 0 Å². The average Bonchev–Trinajstić information content (AvgIpc) is 3.26. The molecule has 1 rings (SSSR count). The summed E-state index contributed by atoms with van der Waals surface area (Å²) < 4.78 is 7.46. The molecular formula is C25H46N4O2S3. The molecule has 0 atom stereocenters. The fraction of sp³-hybridized carbons (Fsp3) is 0.840. The second-order valence-electron chi connectivity index (χ2n) is 9.14. The van der Waals surface area contributed by atoms with Gasteiger partial charge in [0.1, 0.15) is 8.28 Å². The molecule has 34 heavy (non-hydrogen) atoms. The minimum Gasteiger partial charge on any atom is -0.465 e. The highest BCUT2D eigenvalue weighted by Crippen LogP contribution is 2.32. The molecule has 0 bridgehead atoms. The van der Waals surface area contributed by atoms with Gasteiger partial charge >= 0.3 is 5.97 Å². The van der Waals surface area contributed by atoms with Crippen LogP contribution < -0.4 is 5.32 Å². The van der Waals surface area contributed by atoms with Crippen LogP contribution in [0.3, 0.4) is 0 Å². The van der Waals surface area contributed by atoms with Crippen molar-refractivity contribution >= 4 is 45.2 Å². The van der Waals surface area contributed by atoms with Crippen molar-refractivity contribution in [2.24, 2.45) is 0 Å². The summed E-state index contributed by atoms with van der Waals surface area (Å²) in [6.07, 6.45) is 16.0. The fourth-order valence-corrected chi connectivity index (χ4v) is 6.43. The van der Waals surface area contributed by atoms with Gasteiger partial charge in [-0.2, -0.15) is 0 Å². The van der Waals surface area contributed by atoms with E-state index in [-0.39, 0.29) is 5.97 Å². The van der Waals surface area contributed by atoms with Gasteiger partial charge in [-0.3, -0.25) is 9.48 Å². The number of aryl methyl sites for hydroxylation is 1. The van der Waals surface area contributed by atoms with Gasteiger partial charge in [-0.05, 0) is 32.6 Å². The molecule has 1 N–H and O–H groups in total. The molecule has 0 aromatic carbocycles. The molecule has 0 radical (unpaired) electrons. The van der Waals surface area contributed by atoms with Gasteiger partial charge in [0.2, 0.25) is 0 Å². The third kappa shape index (κ3) is 15.4. The predicted molar refractivity (Wildman–Crippen MR) is 152 cm³/mol. The zero-order valence-electron chi connectivity index (χ0n) is 21.8. The maximum absolute atomic E-state index is 12.5. The summed E-state index contributed by atoms with van der Waals surface area (Å²) in [4.78, 5) is 12.5. The second kappa shape index (κ2) is 19.5. The van der Waals surface area contributed by atoms with Gasteiger partial charge in [0.25, 0.3) is 0 Å². The van der Waals surface area contributed by atoms with Gasteiger partial charge in [-0.15, -0.1) is 16.9 Å². The number of thioether (sulfide) groups is 2. The topological polar surface area (TPSA) is 69.0 Å². The number of hydrogen-bond donors (Lipinski definition) is 1. The van der Waals surface area contributed by atoms with E-state index in [1.807, 2.05) is 20.0 Å². The van der Waals surface area contributed by atoms with Crippen LogP contribution in [0, 0.1) is 0 Å². The summed E-state index contributed by atoms with van der Waals surface area (Å²) in [6, 6.07) is 0. The Bertz CT molecular complexity index is 683. The van der Waals surface area contributed by atoms with Crippen LogP contribution in [0.2, 0.25) is 0 Å². The van der Waals surface area contributed by atoms with Crippen LogP contribution in [0.4, 0.5) is 0 Å². The number of esters is 1. The maximum Gasteiger partial charge on any atom is 0.322 e. The number of nitrogens with one attached hydrogen (secondary N) is 1. The van der Waals surface area contributed by atoms with Crippen molar-refractivity contribution in [1.82, 2.24) is 20.3 Å². The third-order valence-electron chi connectivity index (χ3n) is 5.45. The number of carbonyl (C=O) groups is 1. The normalized spacial score (nSPS) is 11.6.